The highest BCUT2D eigenvalue weighted by atomic mass is 19.1. The van der Waals surface area contributed by atoms with Crippen LogP contribution in [0.2, 0.25) is 0 Å². The molecule has 2 aliphatic rings. The van der Waals surface area contributed by atoms with E-state index in [2.05, 4.69) is 25.3 Å². The molecule has 4 heterocycles. The number of benzene rings is 3. The molecule has 0 saturated carbocycles. The molecule has 2 aromatic heterocycles. The molecule has 3 atom stereocenters. The monoisotopic (exact) mass is 733 g/mol. The van der Waals surface area contributed by atoms with E-state index in [0.717, 1.165) is 36.1 Å². The minimum atomic E-state index is -0.995. The summed E-state index contributed by atoms with van der Waals surface area (Å²) >= 11 is 0. The normalized spacial score (nSPS) is 19.2. The molecule has 0 spiro atoms. The Kier molecular flexibility index (Phi) is 9.73. The van der Waals surface area contributed by atoms with Gasteiger partial charge in [-0.3, -0.25) is 9.69 Å². The Morgan fingerprint density at radius 3 is 2.31 bits per heavy atom. The van der Waals surface area contributed by atoms with Gasteiger partial charge in [0.1, 0.15) is 29.0 Å². The van der Waals surface area contributed by atoms with Crippen molar-refractivity contribution >= 4 is 18.1 Å². The Bertz CT molecular complexity index is 2160. The third-order valence-corrected chi connectivity index (χ3v) is 10.9. The lowest BCUT2D eigenvalue weighted by Gasteiger charge is -2.45. The molecule has 280 valence electrons. The first kappa shape index (κ1) is 36.4. The minimum Gasteiger partial charge on any atom is -0.465 e. The predicted molar refractivity (Wildman–Crippen MR) is 201 cm³/mol. The highest BCUT2D eigenvalue weighted by Crippen LogP contribution is 2.50. The summed E-state index contributed by atoms with van der Waals surface area (Å²) in [6.45, 7) is 6.96. The summed E-state index contributed by atoms with van der Waals surface area (Å²) in [6, 6.07) is 20.6. The number of methoxy groups -OCH3 is 1. The fourth-order valence-corrected chi connectivity index (χ4v) is 8.13. The average Bonchev–Trinajstić information content (AvgIpc) is 4.00. The SMILES string of the molecule is COC(=O)N[C@@H](C(=O)N1CCC[C@H]1c1ncc(-c2ccc(-c3ccc(-c4cnc([C@@]5(C(C)(C)C)CCCN5C(=O)O)[nH]4)c(F)c3)cc2)[nH]1)c1ccccc1. The number of halogens is 1. The number of amides is 3. The van der Waals surface area contributed by atoms with Crippen LogP contribution in [0.5, 0.6) is 0 Å². The number of H-pyrrole nitrogens is 2. The molecule has 0 bridgehead atoms. The van der Waals surface area contributed by atoms with E-state index in [-0.39, 0.29) is 11.9 Å². The van der Waals surface area contributed by atoms with Crippen LogP contribution in [0.3, 0.4) is 0 Å². The number of carbonyl (C=O) groups excluding carboxylic acids is 2. The first-order chi connectivity index (χ1) is 25.9. The number of aromatic amines is 2. The van der Waals surface area contributed by atoms with Gasteiger partial charge in [-0.2, -0.15) is 0 Å². The number of rotatable bonds is 8. The van der Waals surface area contributed by atoms with Crippen LogP contribution in [0.15, 0.2) is 85.2 Å². The van der Waals surface area contributed by atoms with Crippen molar-refractivity contribution < 1.29 is 28.6 Å². The molecular weight excluding hydrogens is 689 g/mol. The molecular formula is C41H44FN7O5. The van der Waals surface area contributed by atoms with Crippen LogP contribution < -0.4 is 5.32 Å². The third kappa shape index (κ3) is 6.58. The highest BCUT2D eigenvalue weighted by molar-refractivity contribution is 5.87. The number of likely N-dealkylation sites (tertiary alicyclic amines) is 2. The number of carboxylic acid groups (broad SMARTS) is 1. The Labute approximate surface area is 312 Å². The Hall–Kier alpha value is -5.98. The highest BCUT2D eigenvalue weighted by Gasteiger charge is 2.55. The second-order valence-corrected chi connectivity index (χ2v) is 14.9. The number of alkyl carbamates (subject to hydrolysis) is 1. The third-order valence-electron chi connectivity index (χ3n) is 10.9. The maximum absolute atomic E-state index is 15.7. The van der Waals surface area contributed by atoms with Crippen molar-refractivity contribution in [1.82, 2.24) is 35.1 Å². The molecule has 2 aliphatic heterocycles. The van der Waals surface area contributed by atoms with E-state index in [4.69, 9.17) is 4.74 Å². The lowest BCUT2D eigenvalue weighted by atomic mass is 9.71. The fourth-order valence-electron chi connectivity index (χ4n) is 8.13. The smallest absolute Gasteiger partial charge is 0.408 e. The van der Waals surface area contributed by atoms with Gasteiger partial charge >= 0.3 is 12.2 Å². The van der Waals surface area contributed by atoms with Gasteiger partial charge in [-0.1, -0.05) is 81.4 Å². The minimum absolute atomic E-state index is 0.241. The Morgan fingerprint density at radius 2 is 1.63 bits per heavy atom. The van der Waals surface area contributed by atoms with Crippen LogP contribution in [0.4, 0.5) is 14.0 Å². The van der Waals surface area contributed by atoms with Gasteiger partial charge in [0.05, 0.1) is 36.9 Å². The lowest BCUT2D eigenvalue weighted by Crippen LogP contribution is -2.53. The summed E-state index contributed by atoms with van der Waals surface area (Å²) in [5.74, 6) is 0.505. The van der Waals surface area contributed by atoms with E-state index in [1.165, 1.54) is 18.1 Å². The molecule has 0 radical (unpaired) electrons. The lowest BCUT2D eigenvalue weighted by molar-refractivity contribution is -0.134. The second-order valence-electron chi connectivity index (χ2n) is 14.9. The number of ether oxygens (including phenoxy) is 1. The van der Waals surface area contributed by atoms with Crippen LogP contribution >= 0.6 is 0 Å². The number of nitrogens with zero attached hydrogens (tertiary/aromatic N) is 4. The maximum Gasteiger partial charge on any atom is 0.408 e. The largest absolute Gasteiger partial charge is 0.465 e. The van der Waals surface area contributed by atoms with E-state index in [1.54, 1.807) is 35.5 Å². The van der Waals surface area contributed by atoms with Crippen molar-refractivity contribution in [2.75, 3.05) is 20.2 Å². The van der Waals surface area contributed by atoms with Crippen LogP contribution in [-0.2, 0) is 15.1 Å². The van der Waals surface area contributed by atoms with Gasteiger partial charge < -0.3 is 30.0 Å². The zero-order valence-electron chi connectivity index (χ0n) is 30.7. The number of imidazole rings is 2. The van der Waals surface area contributed by atoms with Crippen LogP contribution in [-0.4, -0.2) is 73.1 Å². The molecule has 3 amide bonds. The summed E-state index contributed by atoms with van der Waals surface area (Å²) in [4.78, 5) is 57.4. The van der Waals surface area contributed by atoms with Gasteiger partial charge in [0.25, 0.3) is 5.91 Å². The summed E-state index contributed by atoms with van der Waals surface area (Å²) < 4.78 is 20.5. The Balaban J connectivity index is 1.07. The van der Waals surface area contributed by atoms with Crippen molar-refractivity contribution in [2.45, 2.75) is 64.1 Å². The van der Waals surface area contributed by atoms with E-state index in [0.29, 0.717) is 53.5 Å². The Morgan fingerprint density at radius 1 is 0.926 bits per heavy atom. The molecule has 7 rings (SSSR count). The second kappa shape index (κ2) is 14.4. The summed E-state index contributed by atoms with van der Waals surface area (Å²) in [6.07, 6.45) is 4.49. The molecule has 3 aromatic carbocycles. The van der Waals surface area contributed by atoms with Crippen molar-refractivity contribution in [3.63, 3.8) is 0 Å². The fraction of sp³-hybridized carbons (Fsp3) is 0.341. The molecule has 12 nitrogen and oxygen atoms in total. The first-order valence-electron chi connectivity index (χ1n) is 18.1. The maximum atomic E-state index is 15.7. The summed E-state index contributed by atoms with van der Waals surface area (Å²) in [5, 5.41) is 12.7. The van der Waals surface area contributed by atoms with E-state index < -0.39 is 35.0 Å². The summed E-state index contributed by atoms with van der Waals surface area (Å²) in [5.41, 5.74) is 3.35. The predicted octanol–water partition coefficient (Wildman–Crippen LogP) is 8.05. The van der Waals surface area contributed by atoms with Crippen molar-refractivity contribution in [1.29, 1.82) is 0 Å². The van der Waals surface area contributed by atoms with Crippen LogP contribution in [0.25, 0.3) is 33.6 Å². The van der Waals surface area contributed by atoms with Gasteiger partial charge in [-0.15, -0.1) is 0 Å². The molecule has 4 N–H and O–H groups in total. The molecule has 0 unspecified atom stereocenters. The van der Waals surface area contributed by atoms with Crippen LogP contribution in [0.1, 0.15) is 75.8 Å². The van der Waals surface area contributed by atoms with Crippen molar-refractivity contribution in [3.05, 3.63) is 108 Å². The van der Waals surface area contributed by atoms with Gasteiger partial charge in [0.15, 0.2) is 0 Å². The molecule has 0 aliphatic carbocycles. The number of carbonyl (C=O) groups is 3. The molecule has 2 fully saturated rings. The molecule has 13 heteroatoms. The van der Waals surface area contributed by atoms with E-state index in [1.807, 2.05) is 69.3 Å². The zero-order valence-corrected chi connectivity index (χ0v) is 30.7. The van der Waals surface area contributed by atoms with Gasteiger partial charge in [0.2, 0.25) is 0 Å². The average molecular weight is 734 g/mol. The van der Waals surface area contributed by atoms with Crippen LogP contribution in [0, 0.1) is 11.2 Å². The van der Waals surface area contributed by atoms with Gasteiger partial charge in [0, 0.05) is 18.7 Å². The van der Waals surface area contributed by atoms with Gasteiger partial charge in [-0.05, 0) is 65.5 Å². The number of nitrogens with one attached hydrogen (secondary N) is 3. The van der Waals surface area contributed by atoms with Gasteiger partial charge in [-0.25, -0.2) is 23.9 Å². The quantitative estimate of drug-likeness (QED) is 0.126. The molecule has 2 saturated heterocycles. The zero-order chi connectivity index (χ0) is 38.2. The number of hydrogen-bond donors (Lipinski definition) is 4. The number of aromatic nitrogens is 4. The number of hydrogen-bond acceptors (Lipinski definition) is 6. The van der Waals surface area contributed by atoms with E-state index in [9.17, 15) is 19.5 Å². The standard InChI is InChI=1S/C41H44FN7O5/c1-40(2,3)41(19-9-21-49(41)39(52)53)37-44-24-32(46-37)29-18-17-28(22-30(29)42)25-13-15-26(16-14-25)31-23-43-35(45-31)33-12-8-20-48(33)36(50)34(47-38(51)54-4)27-10-6-5-7-11-27/h5-7,10-11,13-18,22-24,33-34H,8-9,12,19-21H2,1-4H3,(H,43,45)(H,44,46)(H,47,51)(H,52,53)/t33-,34+,41+/m0/s1. The van der Waals surface area contributed by atoms with Crippen molar-refractivity contribution in [2.24, 2.45) is 5.41 Å². The summed E-state index contributed by atoms with van der Waals surface area (Å²) in [7, 11) is 1.27. The topological polar surface area (TPSA) is 157 Å². The molecule has 5 aromatic rings. The van der Waals surface area contributed by atoms with E-state index >= 15 is 4.39 Å². The molecule has 54 heavy (non-hydrogen) atoms. The van der Waals surface area contributed by atoms with Crippen molar-refractivity contribution in [3.8, 4) is 33.6 Å². The first-order valence-corrected chi connectivity index (χ1v) is 18.1.